The monoisotopic (exact) mass is 258 g/mol. The average Bonchev–Trinajstić information content (AvgIpc) is 2.97. The minimum Gasteiger partial charge on any atom is -0.464 e. The van der Waals surface area contributed by atoms with Crippen molar-refractivity contribution >= 4 is 28.1 Å². The summed E-state index contributed by atoms with van der Waals surface area (Å²) in [5.74, 6) is 0.965. The molecule has 0 atom stereocenters. The predicted molar refractivity (Wildman–Crippen MR) is 75.2 cm³/mol. The number of pyridine rings is 1. The van der Waals surface area contributed by atoms with Crippen molar-refractivity contribution in [1.29, 1.82) is 0 Å². The van der Waals surface area contributed by atoms with E-state index in [4.69, 9.17) is 4.42 Å². The lowest BCUT2D eigenvalue weighted by Gasteiger charge is -2.17. The van der Waals surface area contributed by atoms with Gasteiger partial charge in [0.2, 0.25) is 0 Å². The Bertz CT molecular complexity index is 671. The number of thiophene rings is 1. The molecule has 0 spiro atoms. The Labute approximate surface area is 110 Å². The van der Waals surface area contributed by atoms with Crippen LogP contribution in [-0.2, 0) is 6.54 Å². The van der Waals surface area contributed by atoms with Gasteiger partial charge in [0.25, 0.3) is 0 Å². The highest BCUT2D eigenvalue weighted by Gasteiger charge is 2.10. The SMILES string of the molecule is Cc1ccc(CN(C)c2nccc3occc23)s1. The van der Waals surface area contributed by atoms with Crippen molar-refractivity contribution in [1.82, 2.24) is 4.98 Å². The van der Waals surface area contributed by atoms with E-state index >= 15 is 0 Å². The van der Waals surface area contributed by atoms with Crippen molar-refractivity contribution in [3.63, 3.8) is 0 Å². The van der Waals surface area contributed by atoms with Crippen LogP contribution in [0.25, 0.3) is 11.0 Å². The topological polar surface area (TPSA) is 29.3 Å². The molecule has 0 saturated heterocycles. The van der Waals surface area contributed by atoms with Crippen LogP contribution >= 0.6 is 11.3 Å². The summed E-state index contributed by atoms with van der Waals surface area (Å²) >= 11 is 1.83. The van der Waals surface area contributed by atoms with Crippen molar-refractivity contribution in [2.45, 2.75) is 13.5 Å². The Kier molecular flexibility index (Phi) is 2.80. The van der Waals surface area contributed by atoms with Gasteiger partial charge in [-0.15, -0.1) is 11.3 Å². The molecule has 0 aromatic carbocycles. The fourth-order valence-electron chi connectivity index (χ4n) is 2.06. The van der Waals surface area contributed by atoms with Gasteiger partial charge >= 0.3 is 0 Å². The van der Waals surface area contributed by atoms with Crippen LogP contribution < -0.4 is 4.90 Å². The highest BCUT2D eigenvalue weighted by Crippen LogP contribution is 2.26. The molecule has 18 heavy (non-hydrogen) atoms. The van der Waals surface area contributed by atoms with E-state index in [-0.39, 0.29) is 0 Å². The fraction of sp³-hybridized carbons (Fsp3) is 0.214. The molecule has 0 aliphatic heterocycles. The Hall–Kier alpha value is -1.81. The van der Waals surface area contributed by atoms with Gasteiger partial charge in [0.1, 0.15) is 11.4 Å². The molecular formula is C14H14N2OS. The number of nitrogens with zero attached hydrogens (tertiary/aromatic N) is 2. The first-order valence-corrected chi connectivity index (χ1v) is 6.64. The molecule has 0 N–H and O–H groups in total. The molecule has 3 heterocycles. The van der Waals surface area contributed by atoms with Gasteiger partial charge in [-0.05, 0) is 31.2 Å². The van der Waals surface area contributed by atoms with Gasteiger partial charge in [0.05, 0.1) is 18.2 Å². The van der Waals surface area contributed by atoms with Gasteiger partial charge in [0, 0.05) is 23.0 Å². The zero-order valence-electron chi connectivity index (χ0n) is 10.4. The molecule has 0 amide bonds. The lowest BCUT2D eigenvalue weighted by Crippen LogP contribution is -2.16. The molecule has 3 aromatic heterocycles. The third-order valence-corrected chi connectivity index (χ3v) is 3.89. The van der Waals surface area contributed by atoms with Crippen LogP contribution in [0.1, 0.15) is 9.75 Å². The van der Waals surface area contributed by atoms with Gasteiger partial charge in [0.15, 0.2) is 0 Å². The summed E-state index contributed by atoms with van der Waals surface area (Å²) in [6, 6.07) is 8.18. The second-order valence-corrected chi connectivity index (χ2v) is 5.71. The summed E-state index contributed by atoms with van der Waals surface area (Å²) in [4.78, 5) is 9.29. The first-order chi connectivity index (χ1) is 8.74. The number of hydrogen-bond acceptors (Lipinski definition) is 4. The maximum Gasteiger partial charge on any atom is 0.139 e. The minimum atomic E-state index is 0.871. The van der Waals surface area contributed by atoms with E-state index in [0.29, 0.717) is 0 Å². The quantitative estimate of drug-likeness (QED) is 0.715. The molecule has 0 fully saturated rings. The first kappa shape index (κ1) is 11.3. The molecule has 4 heteroatoms. The molecule has 3 rings (SSSR count). The van der Waals surface area contributed by atoms with E-state index in [1.165, 1.54) is 9.75 Å². The van der Waals surface area contributed by atoms with Crippen molar-refractivity contribution in [3.05, 3.63) is 46.5 Å². The number of aryl methyl sites for hydroxylation is 1. The first-order valence-electron chi connectivity index (χ1n) is 5.83. The molecule has 0 saturated carbocycles. The number of rotatable bonds is 3. The standard InChI is InChI=1S/C14H14N2OS/c1-10-3-4-11(18-10)9-16(2)14-12-6-8-17-13(12)5-7-15-14/h3-8H,9H2,1-2H3. The highest BCUT2D eigenvalue weighted by molar-refractivity contribution is 7.11. The second kappa shape index (κ2) is 4.46. The molecule has 0 aliphatic carbocycles. The molecule has 92 valence electrons. The van der Waals surface area contributed by atoms with Crippen LogP contribution in [0.4, 0.5) is 5.82 Å². The lowest BCUT2D eigenvalue weighted by atomic mass is 10.3. The van der Waals surface area contributed by atoms with Gasteiger partial charge in [-0.3, -0.25) is 0 Å². The number of furan rings is 1. The summed E-state index contributed by atoms with van der Waals surface area (Å²) in [7, 11) is 2.06. The normalized spacial score (nSPS) is 11.0. The molecule has 3 nitrogen and oxygen atoms in total. The number of hydrogen-bond donors (Lipinski definition) is 0. The summed E-state index contributed by atoms with van der Waals surface area (Å²) in [5.41, 5.74) is 0.884. The van der Waals surface area contributed by atoms with E-state index in [1.807, 2.05) is 23.5 Å². The zero-order chi connectivity index (χ0) is 12.5. The van der Waals surface area contributed by atoms with Gasteiger partial charge < -0.3 is 9.32 Å². The third-order valence-electron chi connectivity index (χ3n) is 2.91. The van der Waals surface area contributed by atoms with E-state index < -0.39 is 0 Å². The van der Waals surface area contributed by atoms with E-state index in [1.54, 1.807) is 12.5 Å². The maximum atomic E-state index is 5.40. The third kappa shape index (κ3) is 1.99. The average molecular weight is 258 g/mol. The summed E-state index contributed by atoms with van der Waals surface area (Å²) in [5, 5.41) is 1.06. The molecule has 0 bridgehead atoms. The minimum absolute atomic E-state index is 0.871. The molecular weight excluding hydrogens is 244 g/mol. The number of aromatic nitrogens is 1. The van der Waals surface area contributed by atoms with Crippen LogP contribution in [0.15, 0.2) is 41.1 Å². The Morgan fingerprint density at radius 2 is 2.17 bits per heavy atom. The number of anilines is 1. The summed E-state index contributed by atoms with van der Waals surface area (Å²) < 4.78 is 5.40. The van der Waals surface area contributed by atoms with Crippen molar-refractivity contribution in [3.8, 4) is 0 Å². The molecule has 3 aromatic rings. The Morgan fingerprint density at radius 3 is 2.94 bits per heavy atom. The fourth-order valence-corrected chi connectivity index (χ4v) is 3.01. The lowest BCUT2D eigenvalue weighted by molar-refractivity contribution is 0.615. The van der Waals surface area contributed by atoms with Crippen LogP contribution in [0.2, 0.25) is 0 Å². The van der Waals surface area contributed by atoms with E-state index in [0.717, 1.165) is 23.3 Å². The molecule has 0 radical (unpaired) electrons. The van der Waals surface area contributed by atoms with Crippen molar-refractivity contribution in [2.24, 2.45) is 0 Å². The summed E-state index contributed by atoms with van der Waals surface area (Å²) in [6.07, 6.45) is 3.50. The van der Waals surface area contributed by atoms with Crippen LogP contribution in [-0.4, -0.2) is 12.0 Å². The van der Waals surface area contributed by atoms with Crippen LogP contribution in [0, 0.1) is 6.92 Å². The highest BCUT2D eigenvalue weighted by atomic mass is 32.1. The Morgan fingerprint density at radius 1 is 1.28 bits per heavy atom. The molecule has 0 aliphatic rings. The number of fused-ring (bicyclic) bond motifs is 1. The predicted octanol–water partition coefficient (Wildman–Crippen LogP) is 3.83. The second-order valence-electron chi connectivity index (χ2n) is 4.34. The van der Waals surface area contributed by atoms with Crippen LogP contribution in [0.5, 0.6) is 0 Å². The van der Waals surface area contributed by atoms with Gasteiger partial charge in [-0.1, -0.05) is 0 Å². The maximum absolute atomic E-state index is 5.40. The summed E-state index contributed by atoms with van der Waals surface area (Å²) in [6.45, 7) is 3.00. The van der Waals surface area contributed by atoms with Gasteiger partial charge in [-0.2, -0.15) is 0 Å². The van der Waals surface area contributed by atoms with Crippen LogP contribution in [0.3, 0.4) is 0 Å². The molecule has 0 unspecified atom stereocenters. The van der Waals surface area contributed by atoms with Crippen molar-refractivity contribution < 1.29 is 4.42 Å². The van der Waals surface area contributed by atoms with Crippen molar-refractivity contribution in [2.75, 3.05) is 11.9 Å². The zero-order valence-corrected chi connectivity index (χ0v) is 11.2. The Balaban J connectivity index is 1.92. The van der Waals surface area contributed by atoms with E-state index in [9.17, 15) is 0 Å². The van der Waals surface area contributed by atoms with Gasteiger partial charge in [-0.25, -0.2) is 4.98 Å². The smallest absolute Gasteiger partial charge is 0.139 e. The largest absolute Gasteiger partial charge is 0.464 e. The van der Waals surface area contributed by atoms with E-state index in [2.05, 4.69) is 36.0 Å².